The van der Waals surface area contributed by atoms with Crippen LogP contribution in [0.1, 0.15) is 0 Å². The van der Waals surface area contributed by atoms with Gasteiger partial charge < -0.3 is 0 Å². The van der Waals surface area contributed by atoms with Crippen molar-refractivity contribution in [2.45, 2.75) is 0 Å². The third kappa shape index (κ3) is 1.55. The van der Waals surface area contributed by atoms with Gasteiger partial charge in [0.15, 0.2) is 0 Å². The van der Waals surface area contributed by atoms with Gasteiger partial charge in [-0.3, -0.25) is 7.94 Å². The second kappa shape index (κ2) is 3.56. The van der Waals surface area contributed by atoms with E-state index in [4.69, 9.17) is 0 Å². The highest BCUT2D eigenvalue weighted by molar-refractivity contribution is 9.13. The summed E-state index contributed by atoms with van der Waals surface area (Å²) in [4.78, 5) is 0. The molecule has 0 unspecified atom stereocenters. The molecule has 5 heteroatoms. The van der Waals surface area contributed by atoms with Crippen molar-refractivity contribution in [2.24, 2.45) is 0 Å². The Bertz CT molecular complexity index is 414. The number of aromatic nitrogens is 2. The van der Waals surface area contributed by atoms with Crippen molar-refractivity contribution in [1.29, 1.82) is 0 Å². The van der Waals surface area contributed by atoms with Crippen LogP contribution in [0, 0.1) is 0 Å². The molecule has 0 aliphatic carbocycles. The Morgan fingerprint density at radius 2 is 1.21 bits per heavy atom. The molecular formula is C9H8N2S3. The van der Waals surface area contributed by atoms with Crippen LogP contribution >= 0.6 is 32.4 Å². The Kier molecular flexibility index (Phi) is 2.23. The molecule has 1 saturated heterocycles. The first-order valence-electron chi connectivity index (χ1n) is 4.18. The number of hydrogen-bond acceptors (Lipinski definition) is 2. The zero-order chi connectivity index (χ0) is 9.38. The molecule has 0 saturated carbocycles. The predicted octanol–water partition coefficient (Wildman–Crippen LogP) is 3.27. The molecule has 1 aliphatic heterocycles. The van der Waals surface area contributed by atoms with Crippen molar-refractivity contribution in [2.75, 3.05) is 0 Å². The van der Waals surface area contributed by atoms with Crippen molar-refractivity contribution < 1.29 is 0 Å². The zero-order valence-electron chi connectivity index (χ0n) is 7.24. The SMILES string of the molecule is c1ccn(S(=C2SS2)n2cccc2)c1. The van der Waals surface area contributed by atoms with Crippen molar-refractivity contribution in [3.8, 4) is 0 Å². The van der Waals surface area contributed by atoms with E-state index in [1.54, 1.807) is 0 Å². The van der Waals surface area contributed by atoms with E-state index in [9.17, 15) is 0 Å². The van der Waals surface area contributed by atoms with Gasteiger partial charge in [0.1, 0.15) is 3.53 Å². The lowest BCUT2D eigenvalue weighted by atomic mass is 10.7. The monoisotopic (exact) mass is 240 g/mol. The number of rotatable bonds is 2. The smallest absolute Gasteiger partial charge is 0.126 e. The van der Waals surface area contributed by atoms with Crippen molar-refractivity contribution in [3.05, 3.63) is 49.1 Å². The highest BCUT2D eigenvalue weighted by Crippen LogP contribution is 2.53. The predicted molar refractivity (Wildman–Crippen MR) is 67.4 cm³/mol. The van der Waals surface area contributed by atoms with Crippen LogP contribution in [0.4, 0.5) is 0 Å². The Hall–Kier alpha value is -0.520. The second-order valence-corrected chi connectivity index (χ2v) is 7.47. The van der Waals surface area contributed by atoms with Crippen molar-refractivity contribution in [3.63, 3.8) is 0 Å². The van der Waals surface area contributed by atoms with Gasteiger partial charge in [-0.2, -0.15) is 0 Å². The molecule has 0 amide bonds. The summed E-state index contributed by atoms with van der Waals surface area (Å²) in [7, 11) is 3.80. The zero-order valence-corrected chi connectivity index (χ0v) is 9.69. The van der Waals surface area contributed by atoms with Crippen LogP contribution in [-0.4, -0.2) is 11.5 Å². The molecule has 0 spiro atoms. The first kappa shape index (κ1) is 8.76. The summed E-state index contributed by atoms with van der Waals surface area (Å²) < 4.78 is 5.99. The molecular weight excluding hydrogens is 232 g/mol. The fraction of sp³-hybridized carbons (Fsp3) is 0. The molecule has 0 aromatic carbocycles. The standard InChI is InChI=1S/C9H8N2S3/c1-2-6-10(5-1)14(9-12-13-9)11-7-3-4-8-11/h1-8H. The summed E-state index contributed by atoms with van der Waals surface area (Å²) in [5, 5.41) is 0. The molecule has 0 N–H and O–H groups in total. The van der Waals surface area contributed by atoms with E-state index in [1.165, 1.54) is 3.53 Å². The van der Waals surface area contributed by atoms with E-state index in [0.717, 1.165) is 0 Å². The van der Waals surface area contributed by atoms with Gasteiger partial charge in [0, 0.05) is 35.6 Å². The number of hydrogen-bond donors (Lipinski definition) is 0. The molecule has 72 valence electrons. The van der Waals surface area contributed by atoms with Gasteiger partial charge in [-0.1, -0.05) is 0 Å². The molecule has 1 fully saturated rings. The van der Waals surface area contributed by atoms with Crippen LogP contribution in [0.25, 0.3) is 0 Å². The van der Waals surface area contributed by atoms with E-state index < -0.39 is 0 Å². The summed E-state index contributed by atoms with van der Waals surface area (Å²) in [5.74, 6) is 0. The maximum absolute atomic E-state index is 2.25. The first-order valence-corrected chi connectivity index (χ1v) is 7.47. The Morgan fingerprint density at radius 1 is 0.786 bits per heavy atom. The molecule has 2 nitrogen and oxygen atoms in total. The van der Waals surface area contributed by atoms with Gasteiger partial charge in [0.05, 0.1) is 0 Å². The Morgan fingerprint density at radius 3 is 1.57 bits per heavy atom. The average Bonchev–Trinajstić information content (AvgIpc) is 2.72. The van der Waals surface area contributed by atoms with E-state index in [2.05, 4.69) is 57.0 Å². The lowest BCUT2D eigenvalue weighted by Crippen LogP contribution is -1.96. The van der Waals surface area contributed by atoms with Crippen LogP contribution < -0.4 is 0 Å². The third-order valence-electron chi connectivity index (χ3n) is 1.85. The summed E-state index contributed by atoms with van der Waals surface area (Å²) >= 11 is 0. The van der Waals surface area contributed by atoms with Gasteiger partial charge in [-0.15, -0.1) is 0 Å². The van der Waals surface area contributed by atoms with Crippen LogP contribution in [0.3, 0.4) is 0 Å². The second-order valence-electron chi connectivity index (χ2n) is 2.77. The largest absolute Gasteiger partial charge is 0.287 e. The molecule has 14 heavy (non-hydrogen) atoms. The van der Waals surface area contributed by atoms with Gasteiger partial charge in [0.25, 0.3) is 0 Å². The first-order chi connectivity index (χ1) is 6.95. The summed E-state index contributed by atoms with van der Waals surface area (Å²) in [6, 6.07) is 8.28. The number of nitrogens with zero attached hydrogens (tertiary/aromatic N) is 2. The topological polar surface area (TPSA) is 9.86 Å². The molecule has 1 aliphatic rings. The van der Waals surface area contributed by atoms with E-state index in [1.807, 2.05) is 21.6 Å². The molecule has 0 radical (unpaired) electrons. The van der Waals surface area contributed by atoms with Gasteiger partial charge >= 0.3 is 0 Å². The van der Waals surface area contributed by atoms with E-state index in [-0.39, 0.29) is 10.9 Å². The van der Waals surface area contributed by atoms with Crippen LogP contribution in [0.15, 0.2) is 49.1 Å². The lowest BCUT2D eigenvalue weighted by molar-refractivity contribution is 1.19. The van der Waals surface area contributed by atoms with Crippen molar-refractivity contribution >= 4 is 36.0 Å². The van der Waals surface area contributed by atoms with Crippen molar-refractivity contribution in [1.82, 2.24) is 7.94 Å². The summed E-state index contributed by atoms with van der Waals surface area (Å²) in [6.07, 6.45) is 8.48. The molecule has 2 aromatic heterocycles. The molecule has 0 bridgehead atoms. The van der Waals surface area contributed by atoms with E-state index in [0.29, 0.717) is 0 Å². The highest BCUT2D eigenvalue weighted by Gasteiger charge is 2.22. The summed E-state index contributed by atoms with van der Waals surface area (Å²) in [6.45, 7) is 0. The van der Waals surface area contributed by atoms with Gasteiger partial charge in [-0.05, 0) is 45.9 Å². The molecule has 3 rings (SSSR count). The minimum absolute atomic E-state index is 0.0463. The minimum Gasteiger partial charge on any atom is -0.287 e. The van der Waals surface area contributed by atoms with Crippen LogP contribution in [0.5, 0.6) is 0 Å². The third-order valence-corrected chi connectivity index (χ3v) is 6.77. The van der Waals surface area contributed by atoms with Gasteiger partial charge in [-0.25, -0.2) is 0 Å². The fourth-order valence-corrected chi connectivity index (χ4v) is 5.59. The molecule has 0 atom stereocenters. The Labute approximate surface area is 92.9 Å². The van der Waals surface area contributed by atoms with Gasteiger partial charge in [0.2, 0.25) is 0 Å². The normalized spacial score (nSPS) is 15.1. The quantitative estimate of drug-likeness (QED) is 0.453. The maximum Gasteiger partial charge on any atom is 0.126 e. The van der Waals surface area contributed by atoms with Crippen LogP contribution in [-0.2, 0) is 0 Å². The lowest BCUT2D eigenvalue weighted by Gasteiger charge is -2.10. The molecule has 2 aromatic rings. The highest BCUT2D eigenvalue weighted by atomic mass is 33.2. The summed E-state index contributed by atoms with van der Waals surface area (Å²) in [5.41, 5.74) is 0. The average molecular weight is 240 g/mol. The molecule has 3 heterocycles. The van der Waals surface area contributed by atoms with Crippen LogP contribution in [0.2, 0.25) is 0 Å². The fourth-order valence-electron chi connectivity index (χ4n) is 1.23. The van der Waals surface area contributed by atoms with E-state index >= 15 is 0 Å². The minimum atomic E-state index is 0.0463. The Balaban J connectivity index is 2.13. The maximum atomic E-state index is 2.25.